The van der Waals surface area contributed by atoms with E-state index in [1.54, 1.807) is 29.9 Å². The Bertz CT molecular complexity index is 945. The topological polar surface area (TPSA) is 99.5 Å². The maximum Gasteiger partial charge on any atom is 0.337 e. The van der Waals surface area contributed by atoms with E-state index in [0.29, 0.717) is 47.7 Å². The van der Waals surface area contributed by atoms with E-state index in [0.717, 1.165) is 25.7 Å². The van der Waals surface area contributed by atoms with E-state index < -0.39 is 5.97 Å². The molecule has 0 saturated carbocycles. The van der Waals surface area contributed by atoms with Gasteiger partial charge in [0, 0.05) is 26.8 Å². The Balaban J connectivity index is 2.21. The molecule has 0 aliphatic rings. The molecule has 1 N–H and O–H groups in total. The molecule has 8 nitrogen and oxygen atoms in total. The van der Waals surface area contributed by atoms with Crippen LogP contribution in [0, 0.1) is 0 Å². The van der Waals surface area contributed by atoms with Gasteiger partial charge in [-0.05, 0) is 31.0 Å². The van der Waals surface area contributed by atoms with Gasteiger partial charge in [-0.3, -0.25) is 14.2 Å². The van der Waals surface area contributed by atoms with Gasteiger partial charge in [0.15, 0.2) is 5.16 Å². The van der Waals surface area contributed by atoms with Crippen LogP contribution in [-0.2, 0) is 20.8 Å². The third kappa shape index (κ3) is 7.36. The highest BCUT2D eigenvalue weighted by atomic mass is 32.2. The van der Waals surface area contributed by atoms with Crippen LogP contribution in [0.2, 0.25) is 0 Å². The summed E-state index contributed by atoms with van der Waals surface area (Å²) in [5.74, 6) is -0.431. The van der Waals surface area contributed by atoms with Crippen LogP contribution in [0.25, 0.3) is 10.9 Å². The lowest BCUT2D eigenvalue weighted by molar-refractivity contribution is -0.118. The minimum atomic E-state index is -0.496. The second-order valence-electron chi connectivity index (χ2n) is 7.12. The highest BCUT2D eigenvalue weighted by molar-refractivity contribution is 7.99. The zero-order valence-corrected chi connectivity index (χ0v) is 19.3. The Morgan fingerprint density at radius 2 is 1.97 bits per heavy atom. The molecule has 1 amide bonds. The first-order valence-electron chi connectivity index (χ1n) is 10.5. The summed E-state index contributed by atoms with van der Waals surface area (Å²) in [5.41, 5.74) is 0.512. The fourth-order valence-corrected chi connectivity index (χ4v) is 3.94. The predicted octanol–water partition coefficient (Wildman–Crippen LogP) is 3.01. The van der Waals surface area contributed by atoms with Gasteiger partial charge < -0.3 is 14.8 Å². The molecule has 0 aliphatic carbocycles. The molecule has 1 heterocycles. The molecule has 0 spiro atoms. The van der Waals surface area contributed by atoms with Crippen molar-refractivity contribution in [2.24, 2.45) is 0 Å². The Labute approximate surface area is 186 Å². The standard InChI is InChI=1S/C22H31N3O5S/c1-4-5-6-7-11-23-19(26)15-31-22-24-18-14-16(21(28)30-3)9-10-17(18)20(27)25(22)12-8-13-29-2/h9-10,14H,4-8,11-13,15H2,1-3H3,(H,23,26). The minimum absolute atomic E-state index is 0.0948. The van der Waals surface area contributed by atoms with Crippen LogP contribution in [0.4, 0.5) is 0 Å². The van der Waals surface area contributed by atoms with Crippen LogP contribution >= 0.6 is 11.8 Å². The first-order valence-corrected chi connectivity index (χ1v) is 11.5. The van der Waals surface area contributed by atoms with Crippen LogP contribution in [0.5, 0.6) is 0 Å². The van der Waals surface area contributed by atoms with Crippen molar-refractivity contribution in [3.05, 3.63) is 34.1 Å². The molecular weight excluding hydrogens is 418 g/mol. The van der Waals surface area contributed by atoms with E-state index in [9.17, 15) is 14.4 Å². The number of fused-ring (bicyclic) bond motifs is 1. The van der Waals surface area contributed by atoms with Crippen molar-refractivity contribution in [3.63, 3.8) is 0 Å². The normalized spacial score (nSPS) is 10.9. The Morgan fingerprint density at radius 1 is 1.16 bits per heavy atom. The van der Waals surface area contributed by atoms with E-state index in [1.165, 1.54) is 18.9 Å². The summed E-state index contributed by atoms with van der Waals surface area (Å²) in [7, 11) is 2.91. The van der Waals surface area contributed by atoms with Gasteiger partial charge in [-0.2, -0.15) is 0 Å². The van der Waals surface area contributed by atoms with Crippen LogP contribution in [0.1, 0.15) is 49.4 Å². The molecule has 0 aliphatic heterocycles. The Hall–Kier alpha value is -2.39. The summed E-state index contributed by atoms with van der Waals surface area (Å²) < 4.78 is 11.4. The van der Waals surface area contributed by atoms with Gasteiger partial charge in [0.25, 0.3) is 5.56 Å². The van der Waals surface area contributed by atoms with Gasteiger partial charge >= 0.3 is 5.97 Å². The lowest BCUT2D eigenvalue weighted by atomic mass is 10.1. The average molecular weight is 450 g/mol. The molecule has 0 radical (unpaired) electrons. The van der Waals surface area contributed by atoms with Crippen LogP contribution in [0.15, 0.2) is 28.2 Å². The monoisotopic (exact) mass is 449 g/mol. The lowest BCUT2D eigenvalue weighted by Gasteiger charge is -2.13. The molecule has 0 atom stereocenters. The first-order chi connectivity index (χ1) is 15.0. The SMILES string of the molecule is CCCCCCNC(=O)CSc1nc2cc(C(=O)OC)ccc2c(=O)n1CCCOC. The smallest absolute Gasteiger partial charge is 0.337 e. The van der Waals surface area contributed by atoms with E-state index >= 15 is 0 Å². The number of ether oxygens (including phenoxy) is 2. The van der Waals surface area contributed by atoms with Crippen molar-refractivity contribution < 1.29 is 19.1 Å². The van der Waals surface area contributed by atoms with Gasteiger partial charge in [0.1, 0.15) is 0 Å². The zero-order valence-electron chi connectivity index (χ0n) is 18.4. The number of amides is 1. The fourth-order valence-electron chi connectivity index (χ4n) is 3.08. The lowest BCUT2D eigenvalue weighted by Crippen LogP contribution is -2.28. The third-order valence-electron chi connectivity index (χ3n) is 4.76. The second kappa shape index (κ2) is 13.1. The summed E-state index contributed by atoms with van der Waals surface area (Å²) in [6.07, 6.45) is 5.00. The zero-order chi connectivity index (χ0) is 22.6. The summed E-state index contributed by atoms with van der Waals surface area (Å²) in [4.78, 5) is 41.7. The number of hydrogen-bond acceptors (Lipinski definition) is 7. The Kier molecular flexibility index (Phi) is 10.5. The van der Waals surface area contributed by atoms with Gasteiger partial charge in [-0.25, -0.2) is 9.78 Å². The summed E-state index contributed by atoms with van der Waals surface area (Å²) in [6, 6.07) is 4.68. The number of rotatable bonds is 13. The highest BCUT2D eigenvalue weighted by Gasteiger charge is 2.15. The average Bonchev–Trinajstić information content (AvgIpc) is 2.78. The molecule has 31 heavy (non-hydrogen) atoms. The molecule has 0 bridgehead atoms. The fraction of sp³-hybridized carbons (Fsp3) is 0.545. The van der Waals surface area contributed by atoms with E-state index in [2.05, 4.69) is 17.2 Å². The first kappa shape index (κ1) is 24.9. The predicted molar refractivity (Wildman–Crippen MR) is 122 cm³/mol. The van der Waals surface area contributed by atoms with E-state index in [4.69, 9.17) is 9.47 Å². The maximum atomic E-state index is 13.1. The number of nitrogens with one attached hydrogen (secondary N) is 1. The van der Waals surface area contributed by atoms with Crippen molar-refractivity contribution in [2.45, 2.75) is 50.7 Å². The number of benzene rings is 1. The van der Waals surface area contributed by atoms with Crippen molar-refractivity contribution in [3.8, 4) is 0 Å². The van der Waals surface area contributed by atoms with Gasteiger partial charge in [0.05, 0.1) is 29.3 Å². The van der Waals surface area contributed by atoms with E-state index in [1.807, 2.05) is 0 Å². The van der Waals surface area contributed by atoms with Crippen LogP contribution in [0.3, 0.4) is 0 Å². The molecule has 0 saturated heterocycles. The Morgan fingerprint density at radius 3 is 2.68 bits per heavy atom. The molecule has 0 fully saturated rings. The number of esters is 1. The molecule has 9 heteroatoms. The maximum absolute atomic E-state index is 13.1. The van der Waals surface area contributed by atoms with Gasteiger partial charge in [0.2, 0.25) is 5.91 Å². The number of thioether (sulfide) groups is 1. The van der Waals surface area contributed by atoms with Crippen molar-refractivity contribution >= 4 is 34.5 Å². The minimum Gasteiger partial charge on any atom is -0.465 e. The quantitative estimate of drug-likeness (QED) is 0.217. The molecule has 2 rings (SSSR count). The molecule has 2 aromatic rings. The molecule has 1 aromatic carbocycles. The molecular formula is C22H31N3O5S. The van der Waals surface area contributed by atoms with Crippen molar-refractivity contribution in [2.75, 3.05) is 33.1 Å². The number of unbranched alkanes of at least 4 members (excludes halogenated alkanes) is 3. The molecule has 0 unspecified atom stereocenters. The summed E-state index contributed by atoms with van der Waals surface area (Å²) in [5, 5.41) is 3.76. The third-order valence-corrected chi connectivity index (χ3v) is 5.73. The largest absolute Gasteiger partial charge is 0.465 e. The molecule has 170 valence electrons. The number of aromatic nitrogens is 2. The molecule has 1 aromatic heterocycles. The van der Waals surface area contributed by atoms with E-state index in [-0.39, 0.29) is 17.2 Å². The number of hydrogen-bond donors (Lipinski definition) is 1. The number of nitrogens with zero attached hydrogens (tertiary/aromatic N) is 2. The number of carbonyl (C=O) groups is 2. The van der Waals surface area contributed by atoms with Gasteiger partial charge in [-0.15, -0.1) is 0 Å². The second-order valence-corrected chi connectivity index (χ2v) is 8.06. The van der Waals surface area contributed by atoms with Gasteiger partial charge in [-0.1, -0.05) is 37.9 Å². The van der Waals surface area contributed by atoms with Crippen molar-refractivity contribution in [1.82, 2.24) is 14.9 Å². The number of carbonyl (C=O) groups excluding carboxylic acids is 2. The van der Waals surface area contributed by atoms with Crippen LogP contribution < -0.4 is 10.9 Å². The summed E-state index contributed by atoms with van der Waals surface area (Å²) in [6.45, 7) is 3.73. The number of methoxy groups -OCH3 is 2. The van der Waals surface area contributed by atoms with Crippen LogP contribution in [-0.4, -0.2) is 54.6 Å². The van der Waals surface area contributed by atoms with Crippen molar-refractivity contribution in [1.29, 1.82) is 0 Å². The highest BCUT2D eigenvalue weighted by Crippen LogP contribution is 2.19. The summed E-state index contributed by atoms with van der Waals surface area (Å²) >= 11 is 1.21.